The summed E-state index contributed by atoms with van der Waals surface area (Å²) in [5.74, 6) is -0.103. The van der Waals surface area contributed by atoms with Crippen LogP contribution in [-0.2, 0) is 14.2 Å². The number of hydrogen-bond donors (Lipinski definition) is 0. The Kier molecular flexibility index (Phi) is 7.54. The lowest BCUT2D eigenvalue weighted by atomic mass is 10.0. The van der Waals surface area contributed by atoms with Crippen molar-refractivity contribution in [1.82, 2.24) is 19.5 Å². The van der Waals surface area contributed by atoms with Gasteiger partial charge in [0.25, 0.3) is 0 Å². The molecule has 10 heteroatoms. The van der Waals surface area contributed by atoms with Crippen LogP contribution in [0.4, 0.5) is 15.0 Å². The van der Waals surface area contributed by atoms with Gasteiger partial charge in [0.2, 0.25) is 0 Å². The van der Waals surface area contributed by atoms with Gasteiger partial charge in [-0.05, 0) is 67.9 Å². The number of aromatic nitrogens is 4. The maximum Gasteiger partial charge on any atom is 0.415 e. The Morgan fingerprint density at radius 3 is 2.25 bits per heavy atom. The number of carbonyl (C=O) groups is 1. The highest BCUT2D eigenvalue weighted by atomic mass is 19.1. The molecule has 0 aliphatic heterocycles. The zero-order chi connectivity index (χ0) is 27.2. The van der Waals surface area contributed by atoms with E-state index in [0.29, 0.717) is 16.7 Å². The summed E-state index contributed by atoms with van der Waals surface area (Å²) in [7, 11) is 1.55. The quantitative estimate of drug-likeness (QED) is 0.512. The number of anilines is 1. The molecule has 200 valence electrons. The molecule has 2 aromatic heterocycles. The molecular formula is C26H40FN5O4. The average Bonchev–Trinajstić information content (AvgIpc) is 3.22. The Bertz CT molecular complexity index is 1110. The van der Waals surface area contributed by atoms with Crippen LogP contribution in [0.1, 0.15) is 68.4 Å². The van der Waals surface area contributed by atoms with Gasteiger partial charge in [-0.3, -0.25) is 4.90 Å². The van der Waals surface area contributed by atoms with Gasteiger partial charge >= 0.3 is 6.09 Å². The van der Waals surface area contributed by atoms with Gasteiger partial charge in [-0.1, -0.05) is 6.58 Å². The summed E-state index contributed by atoms with van der Waals surface area (Å²) in [5, 5.41) is 0. The first-order valence-corrected chi connectivity index (χ1v) is 12.2. The molecule has 9 nitrogen and oxygen atoms in total. The molecule has 4 atom stereocenters. The highest BCUT2D eigenvalue weighted by molar-refractivity contribution is 5.95. The van der Waals surface area contributed by atoms with Crippen molar-refractivity contribution in [1.29, 1.82) is 0 Å². The van der Waals surface area contributed by atoms with Crippen LogP contribution in [0.2, 0.25) is 0 Å². The second-order valence-electron chi connectivity index (χ2n) is 12.2. The zero-order valence-electron chi connectivity index (χ0n) is 23.1. The van der Waals surface area contributed by atoms with Crippen LogP contribution in [-0.4, -0.2) is 68.3 Å². The third-order valence-corrected chi connectivity index (χ3v) is 5.68. The number of imidazole rings is 1. The van der Waals surface area contributed by atoms with E-state index in [2.05, 4.69) is 21.5 Å². The zero-order valence-corrected chi connectivity index (χ0v) is 23.1. The van der Waals surface area contributed by atoms with Crippen molar-refractivity contribution in [2.45, 2.75) is 97.4 Å². The van der Waals surface area contributed by atoms with Gasteiger partial charge in [0.15, 0.2) is 23.2 Å². The largest absolute Gasteiger partial charge is 0.443 e. The molecule has 1 aliphatic rings. The van der Waals surface area contributed by atoms with Crippen molar-refractivity contribution in [3.8, 4) is 0 Å². The van der Waals surface area contributed by atoms with Crippen LogP contribution in [0.15, 0.2) is 24.8 Å². The molecular weight excluding hydrogens is 465 g/mol. The fraction of sp³-hybridized carbons (Fsp3) is 0.692. The molecule has 1 amide bonds. The second kappa shape index (κ2) is 9.70. The second-order valence-corrected chi connectivity index (χ2v) is 12.2. The lowest BCUT2D eigenvalue weighted by Gasteiger charge is -2.31. The molecule has 1 aliphatic carbocycles. The lowest BCUT2D eigenvalue weighted by molar-refractivity contribution is -0.118. The Labute approximate surface area is 213 Å². The smallest absolute Gasteiger partial charge is 0.415 e. The van der Waals surface area contributed by atoms with E-state index < -0.39 is 41.2 Å². The summed E-state index contributed by atoms with van der Waals surface area (Å²) < 4.78 is 35.5. The van der Waals surface area contributed by atoms with Crippen molar-refractivity contribution < 1.29 is 23.4 Å². The Morgan fingerprint density at radius 1 is 1.06 bits per heavy atom. The van der Waals surface area contributed by atoms with Crippen molar-refractivity contribution in [2.75, 3.05) is 18.6 Å². The van der Waals surface area contributed by atoms with Crippen molar-refractivity contribution in [3.05, 3.63) is 24.8 Å². The number of hydrogen-bond acceptors (Lipinski definition) is 7. The van der Waals surface area contributed by atoms with Crippen molar-refractivity contribution >= 4 is 23.1 Å². The average molecular weight is 506 g/mol. The van der Waals surface area contributed by atoms with Crippen molar-refractivity contribution in [2.24, 2.45) is 5.92 Å². The minimum Gasteiger partial charge on any atom is -0.443 e. The van der Waals surface area contributed by atoms with Gasteiger partial charge in [-0.2, -0.15) is 0 Å². The van der Waals surface area contributed by atoms with E-state index in [9.17, 15) is 4.79 Å². The topological polar surface area (TPSA) is 91.6 Å². The lowest BCUT2D eigenvalue weighted by Crippen LogP contribution is -2.38. The number of nitrogens with zero attached hydrogens (tertiary/aromatic N) is 5. The maximum atomic E-state index is 16.1. The third kappa shape index (κ3) is 6.21. The molecule has 0 aromatic carbocycles. The number of rotatable bonds is 5. The molecule has 0 radical (unpaired) electrons. The van der Waals surface area contributed by atoms with Crippen LogP contribution in [0.25, 0.3) is 11.2 Å². The first kappa shape index (κ1) is 28.0. The highest BCUT2D eigenvalue weighted by Gasteiger charge is 2.50. The predicted molar refractivity (Wildman–Crippen MR) is 137 cm³/mol. The number of alkyl halides is 1. The van der Waals surface area contributed by atoms with Gasteiger partial charge in [0.05, 0.1) is 30.2 Å². The molecule has 0 saturated heterocycles. The minimum atomic E-state index is -1.41. The SMILES string of the molecule is C=C1[C@@H](n2cnc3c(N(C)C(=O)OC(C)(C)C)ncnc32)[C@@H](F)[C@H](OC(C)(C)C)[C@H]1COC(C)(C)C. The molecule has 36 heavy (non-hydrogen) atoms. The van der Waals surface area contributed by atoms with Gasteiger partial charge in [0.1, 0.15) is 18.0 Å². The standard InChI is InChI=1S/C26H40FN5O4/c1-15-16(12-34-24(2,3)4)20(35-25(5,6)7)17(27)19(15)32-14-30-18-21(28-13-29-22(18)32)31(11)23(33)36-26(8,9)10/h13-14,16-17,19-20H,1,12H2,2-11H3/t16-,17+,19+,20+/m0/s1. The third-order valence-electron chi connectivity index (χ3n) is 5.68. The van der Waals surface area contributed by atoms with Crippen LogP contribution in [0.3, 0.4) is 0 Å². The molecule has 3 rings (SSSR count). The molecule has 0 unspecified atom stereocenters. The fourth-order valence-corrected chi connectivity index (χ4v) is 4.17. The predicted octanol–water partition coefficient (Wildman–Crippen LogP) is 5.26. The van der Waals surface area contributed by atoms with Gasteiger partial charge in [-0.25, -0.2) is 24.1 Å². The molecule has 1 fully saturated rings. The minimum absolute atomic E-state index is 0.266. The number of fused-ring (bicyclic) bond motifs is 1. The number of amides is 1. The summed E-state index contributed by atoms with van der Waals surface area (Å²) in [4.78, 5) is 27.0. The summed E-state index contributed by atoms with van der Waals surface area (Å²) in [6.07, 6.45) is 0.0850. The molecule has 2 aromatic rings. The highest BCUT2D eigenvalue weighted by Crippen LogP contribution is 2.45. The molecule has 1 saturated carbocycles. The molecule has 2 heterocycles. The molecule has 0 bridgehead atoms. The maximum absolute atomic E-state index is 16.1. The molecule has 0 N–H and O–H groups in total. The van der Waals surface area contributed by atoms with Gasteiger partial charge in [-0.15, -0.1) is 0 Å². The first-order chi connectivity index (χ1) is 16.4. The summed E-state index contributed by atoms with van der Waals surface area (Å²) in [6.45, 7) is 21.4. The van der Waals surface area contributed by atoms with Crippen LogP contribution >= 0.6 is 0 Å². The van der Waals surface area contributed by atoms with Gasteiger partial charge < -0.3 is 18.8 Å². The summed E-state index contributed by atoms with van der Waals surface area (Å²) in [5.41, 5.74) is -0.253. The molecule has 0 spiro atoms. The van der Waals surface area contributed by atoms with E-state index in [0.717, 1.165) is 0 Å². The van der Waals surface area contributed by atoms with E-state index in [1.807, 2.05) is 41.5 Å². The first-order valence-electron chi connectivity index (χ1n) is 12.2. The number of carbonyl (C=O) groups excluding carboxylic acids is 1. The number of ether oxygens (including phenoxy) is 3. The van der Waals surface area contributed by atoms with Crippen LogP contribution in [0.5, 0.6) is 0 Å². The van der Waals surface area contributed by atoms with Crippen LogP contribution < -0.4 is 4.90 Å². The summed E-state index contributed by atoms with van der Waals surface area (Å²) in [6, 6.07) is -0.773. The normalized spacial score (nSPS) is 23.4. The number of halogens is 1. The van der Waals surface area contributed by atoms with E-state index in [4.69, 9.17) is 14.2 Å². The Morgan fingerprint density at radius 2 is 1.69 bits per heavy atom. The van der Waals surface area contributed by atoms with Gasteiger partial charge in [0, 0.05) is 13.0 Å². The Balaban J connectivity index is 2.00. The Hall–Kier alpha value is -2.59. The summed E-state index contributed by atoms with van der Waals surface area (Å²) >= 11 is 0. The fourth-order valence-electron chi connectivity index (χ4n) is 4.17. The van der Waals surface area contributed by atoms with E-state index in [-0.39, 0.29) is 18.3 Å². The van der Waals surface area contributed by atoms with E-state index in [1.165, 1.54) is 17.6 Å². The monoisotopic (exact) mass is 505 g/mol. The van der Waals surface area contributed by atoms with E-state index in [1.54, 1.807) is 32.4 Å². The van der Waals surface area contributed by atoms with Crippen LogP contribution in [0, 0.1) is 5.92 Å². The van der Waals surface area contributed by atoms with E-state index >= 15 is 4.39 Å². The van der Waals surface area contributed by atoms with Crippen molar-refractivity contribution in [3.63, 3.8) is 0 Å².